The molecule has 1 saturated carbocycles. The first-order chi connectivity index (χ1) is 2.93. The summed E-state index contributed by atoms with van der Waals surface area (Å²) in [5.41, 5.74) is 3.59. The molecule has 6 heavy (non-hydrogen) atoms. The van der Waals surface area contributed by atoms with Gasteiger partial charge in [0.1, 0.15) is 0 Å². The smallest absolute Gasteiger partial charge is 0.0413 e. The van der Waals surface area contributed by atoms with E-state index in [0.717, 1.165) is 0 Å². The van der Waals surface area contributed by atoms with Gasteiger partial charge in [0, 0.05) is 6.04 Å². The molecule has 0 amide bonds. The first-order valence-corrected chi connectivity index (χ1v) is 2.33. The van der Waals surface area contributed by atoms with E-state index in [-0.39, 0.29) is 0 Å². The van der Waals surface area contributed by atoms with Crippen molar-refractivity contribution in [2.45, 2.75) is 25.3 Å². The lowest BCUT2D eigenvalue weighted by Crippen LogP contribution is -2.33. The minimum Gasteiger partial charge on any atom is -0.253 e. The second-order valence-electron chi connectivity index (χ2n) is 1.73. The van der Waals surface area contributed by atoms with E-state index in [4.69, 9.17) is 5.84 Å². The van der Waals surface area contributed by atoms with Gasteiger partial charge in [-0.05, 0) is 12.8 Å². The Morgan fingerprint density at radius 3 is 2.17 bits per heavy atom. The molecule has 1 aliphatic rings. The van der Waals surface area contributed by atoms with Gasteiger partial charge in [-0.2, -0.15) is 5.43 Å². The van der Waals surface area contributed by atoms with Crippen LogP contribution in [0.1, 0.15) is 19.3 Å². The van der Waals surface area contributed by atoms with Crippen LogP contribution in [0.3, 0.4) is 0 Å². The van der Waals surface area contributed by atoms with Gasteiger partial charge < -0.3 is 0 Å². The van der Waals surface area contributed by atoms with Crippen molar-refractivity contribution >= 4 is 0 Å². The van der Waals surface area contributed by atoms with Crippen molar-refractivity contribution in [1.29, 1.82) is 0 Å². The van der Waals surface area contributed by atoms with Crippen LogP contribution < -0.4 is 11.3 Å². The first kappa shape index (κ1) is 4.09. The van der Waals surface area contributed by atoms with Gasteiger partial charge in [0.05, 0.1) is 0 Å². The molecule has 0 aromatic rings. The van der Waals surface area contributed by atoms with E-state index in [1.165, 1.54) is 19.3 Å². The first-order valence-electron chi connectivity index (χ1n) is 2.33. The van der Waals surface area contributed by atoms with Crippen molar-refractivity contribution in [1.82, 2.24) is 5.43 Å². The van der Waals surface area contributed by atoms with Crippen molar-refractivity contribution in [2.75, 3.05) is 0 Å². The molecule has 0 aliphatic heterocycles. The average Bonchev–Trinajstić information content (AvgIpc) is 1.31. The number of hydrogen-bond acceptors (Lipinski definition) is 1. The van der Waals surface area contributed by atoms with Crippen molar-refractivity contribution in [3.8, 4) is 0 Å². The highest BCUT2D eigenvalue weighted by Crippen LogP contribution is 2.17. The maximum absolute atomic E-state index is 4.96. The van der Waals surface area contributed by atoms with Gasteiger partial charge >= 0.3 is 0 Å². The van der Waals surface area contributed by atoms with Gasteiger partial charge in [0.2, 0.25) is 0 Å². The van der Waals surface area contributed by atoms with Gasteiger partial charge in [-0.25, -0.2) is 0 Å². The number of nitrogens with zero attached hydrogens (tertiary/aromatic N) is 1. The van der Waals surface area contributed by atoms with Crippen LogP contribution in [0.5, 0.6) is 0 Å². The van der Waals surface area contributed by atoms with Gasteiger partial charge in [-0.1, -0.05) is 6.42 Å². The lowest BCUT2D eigenvalue weighted by atomic mass is 9.94. The highest BCUT2D eigenvalue weighted by Gasteiger charge is 2.15. The Labute approximate surface area is 37.7 Å². The van der Waals surface area contributed by atoms with Crippen LogP contribution in [0.25, 0.3) is 0 Å². The fourth-order valence-electron chi connectivity index (χ4n) is 0.536. The zero-order chi connectivity index (χ0) is 4.41. The van der Waals surface area contributed by atoms with E-state index < -0.39 is 0 Å². The molecule has 2 nitrogen and oxygen atoms in total. The quantitative estimate of drug-likeness (QED) is 0.354. The third-order valence-corrected chi connectivity index (χ3v) is 1.29. The molecule has 0 unspecified atom stereocenters. The zero-order valence-electron chi connectivity index (χ0n) is 3.72. The summed E-state index contributed by atoms with van der Waals surface area (Å²) in [5.74, 6) is 4.96. The molecule has 0 saturated heterocycles. The standard InChI is InChI=1S/C4H9N2/c5-6-4-2-1-3-4/h4H,1-3,5H2. The molecule has 2 N–H and O–H groups in total. The molecule has 1 fully saturated rings. The highest BCUT2D eigenvalue weighted by molar-refractivity contribution is 4.72. The van der Waals surface area contributed by atoms with Gasteiger partial charge in [0.25, 0.3) is 0 Å². The predicted octanol–water partition coefficient (Wildman–Crippen LogP) is 0.0170. The molecule has 1 radical (unpaired) electrons. The number of nitrogens with two attached hydrogens (primary N) is 1. The molecular formula is C4H9N2. The van der Waals surface area contributed by atoms with Crippen LogP contribution >= 0.6 is 0 Å². The van der Waals surface area contributed by atoms with Gasteiger partial charge in [0.15, 0.2) is 0 Å². The lowest BCUT2D eigenvalue weighted by molar-refractivity contribution is 0.339. The van der Waals surface area contributed by atoms with Crippen molar-refractivity contribution in [3.63, 3.8) is 0 Å². The van der Waals surface area contributed by atoms with E-state index in [2.05, 4.69) is 5.43 Å². The summed E-state index contributed by atoms with van der Waals surface area (Å²) in [6, 6.07) is 0.519. The average molecular weight is 85.1 g/mol. The normalized spacial score (nSPS) is 23.5. The summed E-state index contributed by atoms with van der Waals surface area (Å²) in [6.45, 7) is 0. The van der Waals surface area contributed by atoms with E-state index in [0.29, 0.717) is 6.04 Å². The summed E-state index contributed by atoms with van der Waals surface area (Å²) in [4.78, 5) is 0. The molecule has 0 aromatic heterocycles. The van der Waals surface area contributed by atoms with Gasteiger partial charge in [-0.15, -0.1) is 0 Å². The molecule has 35 valence electrons. The Morgan fingerprint density at radius 2 is 2.17 bits per heavy atom. The van der Waals surface area contributed by atoms with E-state index in [1.807, 2.05) is 0 Å². The van der Waals surface area contributed by atoms with Crippen LogP contribution in [0, 0.1) is 0 Å². The number of hydrogen-bond donors (Lipinski definition) is 1. The predicted molar refractivity (Wildman–Crippen MR) is 24.0 cm³/mol. The second kappa shape index (κ2) is 1.58. The largest absolute Gasteiger partial charge is 0.253 e. The maximum Gasteiger partial charge on any atom is 0.0413 e. The van der Waals surface area contributed by atoms with E-state index >= 15 is 0 Å². The molecule has 0 heterocycles. The highest BCUT2D eigenvalue weighted by atomic mass is 15.2. The fourth-order valence-corrected chi connectivity index (χ4v) is 0.536. The molecule has 0 aromatic carbocycles. The van der Waals surface area contributed by atoms with Crippen LogP contribution in [-0.4, -0.2) is 6.04 Å². The minimum absolute atomic E-state index is 0.519. The second-order valence-corrected chi connectivity index (χ2v) is 1.73. The molecule has 0 bridgehead atoms. The summed E-state index contributed by atoms with van der Waals surface area (Å²) in [5, 5.41) is 0. The van der Waals surface area contributed by atoms with Crippen molar-refractivity contribution < 1.29 is 0 Å². The fraction of sp³-hybridized carbons (Fsp3) is 1.00. The van der Waals surface area contributed by atoms with Gasteiger partial charge in [-0.3, -0.25) is 5.84 Å². The lowest BCUT2D eigenvalue weighted by Gasteiger charge is -2.21. The number of rotatable bonds is 1. The molecule has 2 heteroatoms. The Balaban J connectivity index is 2.01. The third-order valence-electron chi connectivity index (χ3n) is 1.29. The summed E-state index contributed by atoms with van der Waals surface area (Å²) >= 11 is 0. The van der Waals surface area contributed by atoms with Crippen molar-refractivity contribution in [2.24, 2.45) is 5.84 Å². The summed E-state index contributed by atoms with van der Waals surface area (Å²) < 4.78 is 0. The van der Waals surface area contributed by atoms with Crippen LogP contribution in [0.2, 0.25) is 0 Å². The molecule has 1 aliphatic carbocycles. The zero-order valence-corrected chi connectivity index (χ0v) is 3.72. The van der Waals surface area contributed by atoms with Crippen LogP contribution in [-0.2, 0) is 0 Å². The van der Waals surface area contributed by atoms with Crippen LogP contribution in [0.15, 0.2) is 0 Å². The molecule has 0 spiro atoms. The molecule has 0 atom stereocenters. The van der Waals surface area contributed by atoms with Crippen molar-refractivity contribution in [3.05, 3.63) is 0 Å². The summed E-state index contributed by atoms with van der Waals surface area (Å²) in [7, 11) is 0. The third kappa shape index (κ3) is 0.533. The molecular weight excluding hydrogens is 76.1 g/mol. The van der Waals surface area contributed by atoms with Crippen LogP contribution in [0.4, 0.5) is 0 Å². The van der Waals surface area contributed by atoms with E-state index in [1.54, 1.807) is 0 Å². The topological polar surface area (TPSA) is 40.1 Å². The minimum atomic E-state index is 0.519. The Hall–Kier alpha value is -0.0800. The SMILES string of the molecule is N[N]C1CCC1. The Kier molecular flexibility index (Phi) is 1.08. The Bertz CT molecular complexity index is 38.1. The summed E-state index contributed by atoms with van der Waals surface area (Å²) in [6.07, 6.45) is 3.76. The molecule has 1 rings (SSSR count). The monoisotopic (exact) mass is 85.1 g/mol. The van der Waals surface area contributed by atoms with E-state index in [9.17, 15) is 0 Å². The maximum atomic E-state index is 4.96. The Morgan fingerprint density at radius 1 is 1.50 bits per heavy atom.